The van der Waals surface area contributed by atoms with Gasteiger partial charge in [-0.3, -0.25) is 4.99 Å². The average molecular weight is 395 g/mol. The van der Waals surface area contributed by atoms with E-state index in [2.05, 4.69) is 32.5 Å². The van der Waals surface area contributed by atoms with Crippen LogP contribution in [0.2, 0.25) is 5.15 Å². The minimum absolute atomic E-state index is 0.309. The van der Waals surface area contributed by atoms with Crippen molar-refractivity contribution in [2.45, 2.75) is 12.6 Å². The van der Waals surface area contributed by atoms with Gasteiger partial charge in [0, 0.05) is 25.4 Å². The van der Waals surface area contributed by atoms with Crippen LogP contribution in [0.25, 0.3) is 0 Å². The lowest BCUT2D eigenvalue weighted by Crippen LogP contribution is -2.38. The van der Waals surface area contributed by atoms with E-state index >= 15 is 0 Å². The molecule has 0 fully saturated rings. The topological polar surface area (TPSA) is 49.3 Å². The Bertz CT molecular complexity index is 819. The third-order valence-electron chi connectivity index (χ3n) is 3.51. The molecule has 1 aromatic heterocycles. The fourth-order valence-corrected chi connectivity index (χ4v) is 2.23. The smallest absolute Gasteiger partial charge is 0.356 e. The third kappa shape index (κ3) is 7.19. The molecule has 4 nitrogen and oxygen atoms in total. The largest absolute Gasteiger partial charge is 0.416 e. The summed E-state index contributed by atoms with van der Waals surface area (Å²) in [6.45, 7) is 0.957. The quantitative estimate of drug-likeness (QED) is 0.361. The van der Waals surface area contributed by atoms with Gasteiger partial charge in [0.1, 0.15) is 5.15 Å². The second kappa shape index (κ2) is 9.83. The molecule has 0 saturated carbocycles. The summed E-state index contributed by atoms with van der Waals surface area (Å²) >= 11 is 5.74. The Balaban J connectivity index is 1.76. The van der Waals surface area contributed by atoms with E-state index in [0.29, 0.717) is 29.8 Å². The number of guanidine groups is 1. The highest BCUT2D eigenvalue weighted by Crippen LogP contribution is 2.28. The van der Waals surface area contributed by atoms with Gasteiger partial charge in [-0.1, -0.05) is 29.5 Å². The monoisotopic (exact) mass is 394 g/mol. The summed E-state index contributed by atoms with van der Waals surface area (Å²) in [6, 6.07) is 8.38. The van der Waals surface area contributed by atoms with E-state index in [1.165, 1.54) is 12.1 Å². The molecule has 0 radical (unpaired) electrons. The maximum Gasteiger partial charge on any atom is 0.416 e. The summed E-state index contributed by atoms with van der Waals surface area (Å²) < 4.78 is 37.5. The zero-order valence-corrected chi connectivity index (χ0v) is 15.3. The van der Waals surface area contributed by atoms with Crippen molar-refractivity contribution < 1.29 is 13.2 Å². The van der Waals surface area contributed by atoms with Gasteiger partial charge in [-0.2, -0.15) is 13.2 Å². The average Bonchev–Trinajstić information content (AvgIpc) is 2.65. The van der Waals surface area contributed by atoms with Gasteiger partial charge in [0.2, 0.25) is 0 Å². The van der Waals surface area contributed by atoms with E-state index in [9.17, 15) is 13.2 Å². The van der Waals surface area contributed by atoms with Gasteiger partial charge in [0.05, 0.1) is 12.1 Å². The van der Waals surface area contributed by atoms with Gasteiger partial charge in [-0.25, -0.2) is 4.98 Å². The molecule has 0 atom stereocenters. The molecule has 0 amide bonds. The van der Waals surface area contributed by atoms with E-state index in [1.54, 1.807) is 19.3 Å². The first-order chi connectivity index (χ1) is 12.9. The summed E-state index contributed by atoms with van der Waals surface area (Å²) in [5.74, 6) is 6.24. The highest BCUT2D eigenvalue weighted by atomic mass is 35.5. The molecule has 1 aromatic carbocycles. The van der Waals surface area contributed by atoms with Crippen molar-refractivity contribution in [2.24, 2.45) is 4.99 Å². The Morgan fingerprint density at radius 1 is 1.15 bits per heavy atom. The highest BCUT2D eigenvalue weighted by molar-refractivity contribution is 6.29. The molecular formula is C19H18ClF3N4. The number of rotatable bonds is 4. The van der Waals surface area contributed by atoms with Crippen molar-refractivity contribution in [3.63, 3.8) is 0 Å². The Morgan fingerprint density at radius 3 is 2.48 bits per heavy atom. The van der Waals surface area contributed by atoms with Gasteiger partial charge < -0.3 is 10.6 Å². The van der Waals surface area contributed by atoms with Crippen molar-refractivity contribution in [1.29, 1.82) is 0 Å². The van der Waals surface area contributed by atoms with E-state index in [1.807, 2.05) is 6.07 Å². The predicted octanol–water partition coefficient (Wildman–Crippen LogP) is 3.51. The molecule has 2 rings (SSSR count). The molecule has 0 saturated heterocycles. The number of halogens is 4. The van der Waals surface area contributed by atoms with Crippen LogP contribution in [-0.4, -0.2) is 31.1 Å². The zero-order chi connectivity index (χ0) is 19.7. The van der Waals surface area contributed by atoms with Crippen LogP contribution in [0.1, 0.15) is 16.7 Å². The lowest BCUT2D eigenvalue weighted by atomic mass is 10.1. The molecule has 0 spiro atoms. The fourth-order valence-electron chi connectivity index (χ4n) is 2.12. The number of hydrogen-bond donors (Lipinski definition) is 2. The zero-order valence-electron chi connectivity index (χ0n) is 14.6. The lowest BCUT2D eigenvalue weighted by Gasteiger charge is -2.09. The number of nitrogens with one attached hydrogen (secondary N) is 2. The normalized spacial score (nSPS) is 11.5. The molecule has 0 aliphatic rings. The number of nitrogens with zero attached hydrogens (tertiary/aromatic N) is 2. The van der Waals surface area contributed by atoms with Crippen molar-refractivity contribution in [1.82, 2.24) is 15.6 Å². The first kappa shape index (κ1) is 20.6. The molecule has 0 unspecified atom stereocenters. The minimum Gasteiger partial charge on any atom is -0.356 e. The molecule has 2 N–H and O–H groups in total. The van der Waals surface area contributed by atoms with Crippen molar-refractivity contribution in [3.05, 3.63) is 64.4 Å². The van der Waals surface area contributed by atoms with Gasteiger partial charge in [0.15, 0.2) is 5.96 Å². The Morgan fingerprint density at radius 2 is 1.89 bits per heavy atom. The van der Waals surface area contributed by atoms with Crippen molar-refractivity contribution in [3.8, 4) is 11.8 Å². The molecule has 1 heterocycles. The first-order valence-electron chi connectivity index (χ1n) is 8.09. The molecule has 142 valence electrons. The number of aliphatic imine (C=N–C) groups is 1. The van der Waals surface area contributed by atoms with Gasteiger partial charge in [-0.05, 0) is 42.3 Å². The fraction of sp³-hybridized carbons (Fsp3) is 0.263. The minimum atomic E-state index is -4.34. The highest BCUT2D eigenvalue weighted by Gasteiger charge is 2.29. The van der Waals surface area contributed by atoms with Crippen LogP contribution < -0.4 is 10.6 Å². The van der Waals surface area contributed by atoms with Crippen LogP contribution in [0.4, 0.5) is 13.2 Å². The van der Waals surface area contributed by atoms with E-state index in [4.69, 9.17) is 11.6 Å². The lowest BCUT2D eigenvalue weighted by molar-refractivity contribution is -0.137. The third-order valence-corrected chi connectivity index (χ3v) is 3.73. The first-order valence-corrected chi connectivity index (χ1v) is 8.47. The number of hydrogen-bond acceptors (Lipinski definition) is 2. The van der Waals surface area contributed by atoms with E-state index in [-0.39, 0.29) is 0 Å². The Labute approximate surface area is 160 Å². The van der Waals surface area contributed by atoms with E-state index in [0.717, 1.165) is 24.1 Å². The second-order valence-electron chi connectivity index (χ2n) is 5.47. The standard InChI is InChI=1S/C19H18ClF3N4/c1-24-18(26-12-10-15-6-9-17(20)27-13-15)25-11-2-3-14-4-7-16(8-5-14)19(21,22)23/h4-9,13H,10-12H2,1H3,(H2,24,25,26). The summed E-state index contributed by atoms with van der Waals surface area (Å²) in [5.41, 5.74) is 0.874. The molecule has 8 heteroatoms. The van der Waals surface area contributed by atoms with Gasteiger partial charge >= 0.3 is 6.18 Å². The van der Waals surface area contributed by atoms with Gasteiger partial charge in [-0.15, -0.1) is 0 Å². The molecule has 27 heavy (non-hydrogen) atoms. The van der Waals surface area contributed by atoms with Crippen molar-refractivity contribution >= 4 is 17.6 Å². The van der Waals surface area contributed by atoms with Crippen LogP contribution in [0.5, 0.6) is 0 Å². The second-order valence-corrected chi connectivity index (χ2v) is 5.86. The van der Waals surface area contributed by atoms with Crippen LogP contribution >= 0.6 is 11.6 Å². The number of benzene rings is 1. The van der Waals surface area contributed by atoms with Crippen LogP contribution in [-0.2, 0) is 12.6 Å². The van der Waals surface area contributed by atoms with Gasteiger partial charge in [0.25, 0.3) is 0 Å². The summed E-state index contributed by atoms with van der Waals surface area (Å²) in [6.07, 6.45) is -1.87. The summed E-state index contributed by atoms with van der Waals surface area (Å²) in [7, 11) is 1.64. The molecule has 2 aromatic rings. The SMILES string of the molecule is CN=C(NCC#Cc1ccc(C(F)(F)F)cc1)NCCc1ccc(Cl)nc1. The summed E-state index contributed by atoms with van der Waals surface area (Å²) in [4.78, 5) is 8.10. The molecule has 0 aliphatic heterocycles. The maximum atomic E-state index is 12.5. The van der Waals surface area contributed by atoms with Crippen LogP contribution in [0.15, 0.2) is 47.6 Å². The number of alkyl halides is 3. The maximum absolute atomic E-state index is 12.5. The number of pyridine rings is 1. The van der Waals surface area contributed by atoms with Crippen LogP contribution in [0.3, 0.4) is 0 Å². The van der Waals surface area contributed by atoms with Crippen LogP contribution in [0, 0.1) is 11.8 Å². The van der Waals surface area contributed by atoms with E-state index < -0.39 is 11.7 Å². The molecule has 0 bridgehead atoms. The Hall–Kier alpha value is -2.72. The summed E-state index contributed by atoms with van der Waals surface area (Å²) in [5, 5.41) is 6.61. The van der Waals surface area contributed by atoms with Crippen molar-refractivity contribution in [2.75, 3.05) is 20.1 Å². The molecule has 0 aliphatic carbocycles. The predicted molar refractivity (Wildman–Crippen MR) is 101 cm³/mol. The number of aromatic nitrogens is 1. The Kier molecular flexibility index (Phi) is 7.50. The molecular weight excluding hydrogens is 377 g/mol.